The van der Waals surface area contributed by atoms with Gasteiger partial charge in [0, 0.05) is 3.57 Å². The van der Waals surface area contributed by atoms with Gasteiger partial charge in [-0.25, -0.2) is 0 Å². The third kappa shape index (κ3) is 4.18. The van der Waals surface area contributed by atoms with E-state index in [0.29, 0.717) is 3.57 Å². The number of carbonyl (C=O) groups excluding carboxylic acids is 1. The summed E-state index contributed by atoms with van der Waals surface area (Å²) in [5.74, 6) is -0.653. The Kier molecular flexibility index (Phi) is 4.79. The summed E-state index contributed by atoms with van der Waals surface area (Å²) in [6.07, 6.45) is -4.81. The first kappa shape index (κ1) is 14.3. The van der Waals surface area contributed by atoms with E-state index in [1.54, 1.807) is 6.92 Å². The first-order chi connectivity index (χ1) is 7.84. The number of benzene rings is 1. The molecule has 6 heteroatoms. The summed E-state index contributed by atoms with van der Waals surface area (Å²) in [5, 5.41) is 0. The molecule has 0 unspecified atom stereocenters. The molecule has 0 N–H and O–H groups in total. The second-order valence-electron chi connectivity index (χ2n) is 3.28. The fourth-order valence-corrected chi connectivity index (χ4v) is 1.91. The second kappa shape index (κ2) is 5.70. The molecule has 2 nitrogen and oxygen atoms in total. The lowest BCUT2D eigenvalue weighted by atomic mass is 10.0. The first-order valence-electron chi connectivity index (χ1n) is 4.86. The molecule has 0 heterocycles. The van der Waals surface area contributed by atoms with Gasteiger partial charge in [0.15, 0.2) is 0 Å². The monoisotopic (exact) mass is 358 g/mol. The van der Waals surface area contributed by atoms with Crippen LogP contribution >= 0.6 is 22.6 Å². The van der Waals surface area contributed by atoms with Gasteiger partial charge in [0.05, 0.1) is 18.6 Å². The number of hydrogen-bond acceptors (Lipinski definition) is 2. The SMILES string of the molecule is CCOC(=O)Cc1cc(I)ccc1C(F)(F)F. The molecule has 94 valence electrons. The molecule has 0 aliphatic rings. The van der Waals surface area contributed by atoms with E-state index in [-0.39, 0.29) is 18.6 Å². The number of halogens is 4. The lowest BCUT2D eigenvalue weighted by Crippen LogP contribution is -2.14. The standard InChI is InChI=1S/C11H10F3IO2/c1-2-17-10(16)6-7-5-8(15)3-4-9(7)11(12,13)14/h3-5H,2,6H2,1H3. The molecule has 0 fully saturated rings. The predicted molar refractivity (Wildman–Crippen MR) is 64.5 cm³/mol. The highest BCUT2D eigenvalue weighted by Crippen LogP contribution is 2.33. The zero-order valence-electron chi connectivity index (χ0n) is 8.97. The molecule has 0 saturated heterocycles. The van der Waals surface area contributed by atoms with Crippen molar-refractivity contribution >= 4 is 28.6 Å². The van der Waals surface area contributed by atoms with Gasteiger partial charge in [-0.1, -0.05) is 0 Å². The Morgan fingerprint density at radius 2 is 2.06 bits per heavy atom. The van der Waals surface area contributed by atoms with Crippen molar-refractivity contribution in [2.75, 3.05) is 6.61 Å². The van der Waals surface area contributed by atoms with E-state index >= 15 is 0 Å². The van der Waals surface area contributed by atoms with E-state index in [0.717, 1.165) is 6.07 Å². The molecule has 0 atom stereocenters. The van der Waals surface area contributed by atoms with Crippen LogP contribution in [0.15, 0.2) is 18.2 Å². The van der Waals surface area contributed by atoms with Crippen LogP contribution in [0.5, 0.6) is 0 Å². The molecule has 0 saturated carbocycles. The topological polar surface area (TPSA) is 26.3 Å². The van der Waals surface area contributed by atoms with Crippen LogP contribution in [0.4, 0.5) is 13.2 Å². The van der Waals surface area contributed by atoms with E-state index in [1.807, 2.05) is 22.6 Å². The third-order valence-corrected chi connectivity index (χ3v) is 2.68. The quantitative estimate of drug-likeness (QED) is 0.612. The van der Waals surface area contributed by atoms with Crippen LogP contribution in [0.25, 0.3) is 0 Å². The van der Waals surface area contributed by atoms with Crippen LogP contribution in [0.1, 0.15) is 18.1 Å². The summed E-state index contributed by atoms with van der Waals surface area (Å²) in [6, 6.07) is 3.69. The number of rotatable bonds is 3. The molecule has 0 spiro atoms. The largest absolute Gasteiger partial charge is 0.466 e. The maximum absolute atomic E-state index is 12.7. The molecule has 0 amide bonds. The van der Waals surface area contributed by atoms with Gasteiger partial charge >= 0.3 is 12.1 Å². The number of esters is 1. The summed E-state index contributed by atoms with van der Waals surface area (Å²) in [7, 11) is 0. The zero-order valence-corrected chi connectivity index (χ0v) is 11.1. The van der Waals surface area contributed by atoms with Gasteiger partial charge in [0.25, 0.3) is 0 Å². The minimum atomic E-state index is -4.45. The van der Waals surface area contributed by atoms with Crippen molar-refractivity contribution < 1.29 is 22.7 Å². The first-order valence-corrected chi connectivity index (χ1v) is 5.93. The Morgan fingerprint density at radius 1 is 1.41 bits per heavy atom. The van der Waals surface area contributed by atoms with Crippen LogP contribution in [-0.4, -0.2) is 12.6 Å². The normalized spacial score (nSPS) is 11.4. The van der Waals surface area contributed by atoms with Crippen molar-refractivity contribution in [1.29, 1.82) is 0 Å². The number of carbonyl (C=O) groups is 1. The van der Waals surface area contributed by atoms with Gasteiger partial charge in [-0.15, -0.1) is 0 Å². The maximum Gasteiger partial charge on any atom is 0.416 e. The minimum Gasteiger partial charge on any atom is -0.466 e. The maximum atomic E-state index is 12.7. The Balaban J connectivity index is 3.04. The summed E-state index contributed by atoms with van der Waals surface area (Å²) >= 11 is 1.90. The molecule has 0 aliphatic heterocycles. The fourth-order valence-electron chi connectivity index (χ4n) is 1.35. The van der Waals surface area contributed by atoms with Gasteiger partial charge in [-0.3, -0.25) is 4.79 Å². The van der Waals surface area contributed by atoms with Crippen molar-refractivity contribution in [2.45, 2.75) is 19.5 Å². The lowest BCUT2D eigenvalue weighted by molar-refractivity contribution is -0.143. The van der Waals surface area contributed by atoms with Gasteiger partial charge < -0.3 is 4.74 Å². The van der Waals surface area contributed by atoms with E-state index in [9.17, 15) is 18.0 Å². The third-order valence-electron chi connectivity index (χ3n) is 2.01. The van der Waals surface area contributed by atoms with Crippen molar-refractivity contribution in [3.63, 3.8) is 0 Å². The Bertz CT molecular complexity index is 416. The number of alkyl halides is 3. The van der Waals surface area contributed by atoms with Gasteiger partial charge in [-0.2, -0.15) is 13.2 Å². The molecular formula is C11H10F3IO2. The minimum absolute atomic E-state index is 0.0529. The molecule has 1 aromatic rings. The molecule has 0 aliphatic carbocycles. The van der Waals surface area contributed by atoms with E-state index in [4.69, 9.17) is 0 Å². The van der Waals surface area contributed by atoms with Crippen molar-refractivity contribution in [2.24, 2.45) is 0 Å². The van der Waals surface area contributed by atoms with Gasteiger partial charge in [-0.05, 0) is 53.3 Å². The smallest absolute Gasteiger partial charge is 0.416 e. The lowest BCUT2D eigenvalue weighted by Gasteiger charge is -2.12. The van der Waals surface area contributed by atoms with Crippen LogP contribution in [-0.2, 0) is 22.1 Å². The van der Waals surface area contributed by atoms with E-state index in [2.05, 4.69) is 4.74 Å². The van der Waals surface area contributed by atoms with Crippen LogP contribution < -0.4 is 0 Å². The molecule has 0 aromatic heterocycles. The highest BCUT2D eigenvalue weighted by atomic mass is 127. The molecule has 1 aromatic carbocycles. The number of ether oxygens (including phenoxy) is 1. The Hall–Kier alpha value is -0.790. The van der Waals surface area contributed by atoms with E-state index < -0.39 is 17.7 Å². The van der Waals surface area contributed by atoms with Gasteiger partial charge in [0.1, 0.15) is 0 Å². The Labute approximate surface area is 110 Å². The summed E-state index contributed by atoms with van der Waals surface area (Å²) < 4.78 is 43.3. The van der Waals surface area contributed by atoms with Crippen molar-refractivity contribution in [1.82, 2.24) is 0 Å². The number of hydrogen-bond donors (Lipinski definition) is 0. The van der Waals surface area contributed by atoms with Gasteiger partial charge in [0.2, 0.25) is 0 Å². The van der Waals surface area contributed by atoms with E-state index in [1.165, 1.54) is 12.1 Å². The fraction of sp³-hybridized carbons (Fsp3) is 0.364. The molecule has 1 rings (SSSR count). The Morgan fingerprint density at radius 3 is 2.59 bits per heavy atom. The van der Waals surface area contributed by atoms with Crippen LogP contribution in [0.2, 0.25) is 0 Å². The molecule has 0 radical (unpaired) electrons. The average molecular weight is 358 g/mol. The average Bonchev–Trinajstić information content (AvgIpc) is 2.15. The molecule has 17 heavy (non-hydrogen) atoms. The molecule has 0 bridgehead atoms. The highest BCUT2D eigenvalue weighted by molar-refractivity contribution is 14.1. The van der Waals surface area contributed by atoms with Crippen molar-refractivity contribution in [3.8, 4) is 0 Å². The second-order valence-corrected chi connectivity index (χ2v) is 4.53. The predicted octanol–water partition coefficient (Wildman–Crippen LogP) is 3.42. The van der Waals surface area contributed by atoms with Crippen molar-refractivity contribution in [3.05, 3.63) is 32.9 Å². The van der Waals surface area contributed by atoms with Crippen LogP contribution in [0.3, 0.4) is 0 Å². The summed E-state index contributed by atoms with van der Waals surface area (Å²) in [6.45, 7) is 1.77. The highest BCUT2D eigenvalue weighted by Gasteiger charge is 2.33. The summed E-state index contributed by atoms with van der Waals surface area (Å²) in [4.78, 5) is 11.2. The summed E-state index contributed by atoms with van der Waals surface area (Å²) in [5.41, 5.74) is -0.839. The molecular weight excluding hydrogens is 348 g/mol. The zero-order chi connectivity index (χ0) is 13.1. The van der Waals surface area contributed by atoms with Crippen LogP contribution in [0, 0.1) is 3.57 Å².